The molecule has 3 rings (SSSR count). The average Bonchev–Trinajstić information content (AvgIpc) is 3.05. The molecule has 2 aliphatic heterocycles. The van der Waals surface area contributed by atoms with E-state index in [4.69, 9.17) is 21.7 Å². The van der Waals surface area contributed by atoms with Crippen LogP contribution in [0.15, 0.2) is 28.2 Å². The second-order valence-corrected chi connectivity index (χ2v) is 9.52. The Balaban J connectivity index is 1.78. The van der Waals surface area contributed by atoms with Crippen LogP contribution >= 0.6 is 12.2 Å². The molecular weight excluding hydrogens is 456 g/mol. The molecule has 3 amide bonds. The van der Waals surface area contributed by atoms with Crippen LogP contribution < -0.4 is 24.8 Å². The molecule has 0 saturated heterocycles. The minimum atomic E-state index is -4.00. The third-order valence-corrected chi connectivity index (χ3v) is 7.14. The van der Waals surface area contributed by atoms with Crippen LogP contribution in [0.4, 0.5) is 4.79 Å². The number of imide groups is 1. The van der Waals surface area contributed by atoms with Crippen LogP contribution in [0.3, 0.4) is 0 Å². The molecule has 1 atom stereocenters. The molecule has 0 bridgehead atoms. The highest BCUT2D eigenvalue weighted by molar-refractivity contribution is 7.92. The van der Waals surface area contributed by atoms with Gasteiger partial charge in [-0.25, -0.2) is 13.2 Å². The summed E-state index contributed by atoms with van der Waals surface area (Å²) in [6, 6.07) is 1.99. The molecule has 0 radical (unpaired) electrons. The molecule has 0 spiro atoms. The summed E-state index contributed by atoms with van der Waals surface area (Å²) in [5, 5.41) is 5.31. The normalized spacial score (nSPS) is 18.1. The van der Waals surface area contributed by atoms with Crippen molar-refractivity contribution in [1.82, 2.24) is 20.3 Å². The number of amides is 3. The first-order valence-corrected chi connectivity index (χ1v) is 11.9. The van der Waals surface area contributed by atoms with Gasteiger partial charge in [-0.2, -0.15) is 0 Å². The molecule has 10 nitrogen and oxygen atoms in total. The third-order valence-electron chi connectivity index (χ3n) is 5.34. The lowest BCUT2D eigenvalue weighted by molar-refractivity contribution is -0.123. The standard InChI is InChI=1S/C20H26N4O6S2/c1-5-14-11(2)9-24(18(14)25)20(26)22-13-6-12-7-17(32(27,28)23-19(31)21-3)16(29-4)8-15(12)30-10-13/h7-8,13H,5-6,9-10H2,1-4H3,(H,22,26)(H2,21,23,31). The molecule has 2 heterocycles. The highest BCUT2D eigenvalue weighted by atomic mass is 32.2. The summed E-state index contributed by atoms with van der Waals surface area (Å²) in [7, 11) is -1.14. The summed E-state index contributed by atoms with van der Waals surface area (Å²) >= 11 is 4.91. The van der Waals surface area contributed by atoms with Crippen LogP contribution in [0.2, 0.25) is 0 Å². The van der Waals surface area contributed by atoms with Gasteiger partial charge in [0, 0.05) is 18.7 Å². The summed E-state index contributed by atoms with van der Waals surface area (Å²) in [6.07, 6.45) is 0.887. The molecule has 1 unspecified atom stereocenters. The van der Waals surface area contributed by atoms with Crippen molar-refractivity contribution in [3.63, 3.8) is 0 Å². The molecule has 0 fully saturated rings. The van der Waals surface area contributed by atoms with Gasteiger partial charge in [0.2, 0.25) is 0 Å². The number of carbonyl (C=O) groups is 2. The van der Waals surface area contributed by atoms with E-state index in [-0.39, 0.29) is 34.8 Å². The summed E-state index contributed by atoms with van der Waals surface area (Å²) < 4.78 is 38.7. The molecule has 1 aromatic rings. The molecular formula is C20H26N4O6S2. The zero-order chi connectivity index (χ0) is 23.6. The maximum Gasteiger partial charge on any atom is 0.325 e. The number of methoxy groups -OCH3 is 1. The van der Waals surface area contributed by atoms with Gasteiger partial charge in [-0.05, 0) is 49.2 Å². The van der Waals surface area contributed by atoms with Crippen molar-refractivity contribution in [2.24, 2.45) is 0 Å². The van der Waals surface area contributed by atoms with Crippen LogP contribution in [0, 0.1) is 0 Å². The van der Waals surface area contributed by atoms with Gasteiger partial charge in [-0.15, -0.1) is 0 Å². The number of fused-ring (bicyclic) bond motifs is 1. The van der Waals surface area contributed by atoms with Gasteiger partial charge in [0.15, 0.2) is 5.11 Å². The van der Waals surface area contributed by atoms with E-state index in [1.807, 2.05) is 13.8 Å². The minimum absolute atomic E-state index is 0.0585. The molecule has 0 aliphatic carbocycles. The fourth-order valence-electron chi connectivity index (χ4n) is 3.70. The van der Waals surface area contributed by atoms with Crippen LogP contribution in [0.25, 0.3) is 0 Å². The number of nitrogens with zero attached hydrogens (tertiary/aromatic N) is 1. The van der Waals surface area contributed by atoms with Crippen molar-refractivity contribution in [3.8, 4) is 11.5 Å². The summed E-state index contributed by atoms with van der Waals surface area (Å²) in [5.74, 6) is 0.281. The van der Waals surface area contributed by atoms with Crippen molar-refractivity contribution in [3.05, 3.63) is 28.8 Å². The topological polar surface area (TPSA) is 126 Å². The van der Waals surface area contributed by atoms with Gasteiger partial charge >= 0.3 is 6.03 Å². The second kappa shape index (κ2) is 9.33. The van der Waals surface area contributed by atoms with Crippen LogP contribution in [-0.2, 0) is 21.2 Å². The molecule has 32 heavy (non-hydrogen) atoms. The number of nitrogens with one attached hydrogen (secondary N) is 3. The Labute approximate surface area is 192 Å². The summed E-state index contributed by atoms with van der Waals surface area (Å²) in [6.45, 7) is 4.15. The van der Waals surface area contributed by atoms with Crippen LogP contribution in [0.5, 0.6) is 11.5 Å². The average molecular weight is 483 g/mol. The largest absolute Gasteiger partial charge is 0.495 e. The number of thiocarbonyl (C=S) groups is 1. The number of rotatable bonds is 5. The number of urea groups is 1. The summed E-state index contributed by atoms with van der Waals surface area (Å²) in [4.78, 5) is 26.2. The molecule has 0 saturated carbocycles. The minimum Gasteiger partial charge on any atom is -0.495 e. The molecule has 2 aliphatic rings. The fourth-order valence-corrected chi connectivity index (χ4v) is 5.19. The van der Waals surface area contributed by atoms with Gasteiger partial charge in [0.1, 0.15) is 23.0 Å². The second-order valence-electron chi connectivity index (χ2n) is 7.46. The maximum atomic E-state index is 12.7. The lowest BCUT2D eigenvalue weighted by Crippen LogP contribution is -2.49. The molecule has 1 aromatic carbocycles. The van der Waals surface area contributed by atoms with Gasteiger partial charge in [0.25, 0.3) is 15.9 Å². The SMILES string of the molecule is CCC1=C(C)CN(C(=O)NC2COc3cc(OC)c(S(=O)(=O)NC(=S)NC)cc3C2)C1=O. The first-order valence-electron chi connectivity index (χ1n) is 10.0. The highest BCUT2D eigenvalue weighted by Gasteiger charge is 2.34. The number of benzene rings is 1. The zero-order valence-electron chi connectivity index (χ0n) is 18.3. The van der Waals surface area contributed by atoms with Crippen molar-refractivity contribution in [1.29, 1.82) is 0 Å². The Kier molecular flexibility index (Phi) is 6.94. The van der Waals surface area contributed by atoms with E-state index < -0.39 is 22.1 Å². The van der Waals surface area contributed by atoms with E-state index in [0.717, 1.165) is 5.57 Å². The summed E-state index contributed by atoms with van der Waals surface area (Å²) in [5.41, 5.74) is 2.11. The molecule has 174 valence electrons. The van der Waals surface area contributed by atoms with Gasteiger partial charge in [-0.1, -0.05) is 6.92 Å². The number of hydrogen-bond acceptors (Lipinski definition) is 7. The van der Waals surface area contributed by atoms with Crippen molar-refractivity contribution < 1.29 is 27.5 Å². The van der Waals surface area contributed by atoms with E-state index >= 15 is 0 Å². The lowest BCUT2D eigenvalue weighted by atomic mass is 10.0. The van der Waals surface area contributed by atoms with E-state index in [9.17, 15) is 18.0 Å². The van der Waals surface area contributed by atoms with Crippen LogP contribution in [-0.4, -0.2) is 63.7 Å². The Bertz CT molecular complexity index is 1100. The zero-order valence-corrected chi connectivity index (χ0v) is 19.9. The first kappa shape index (κ1) is 23.8. The van der Waals surface area contributed by atoms with E-state index in [1.165, 1.54) is 31.2 Å². The Morgan fingerprint density at radius 3 is 2.69 bits per heavy atom. The predicted molar refractivity (Wildman–Crippen MR) is 121 cm³/mol. The van der Waals surface area contributed by atoms with E-state index in [0.29, 0.717) is 29.7 Å². The highest BCUT2D eigenvalue weighted by Crippen LogP contribution is 2.35. The predicted octanol–water partition coefficient (Wildman–Crippen LogP) is 1.06. The monoisotopic (exact) mass is 482 g/mol. The van der Waals surface area contributed by atoms with Crippen molar-refractivity contribution >= 4 is 39.3 Å². The smallest absolute Gasteiger partial charge is 0.325 e. The quantitative estimate of drug-likeness (QED) is 0.532. The lowest BCUT2D eigenvalue weighted by Gasteiger charge is -2.28. The fraction of sp³-hybridized carbons (Fsp3) is 0.450. The number of hydrogen-bond donors (Lipinski definition) is 3. The Morgan fingerprint density at radius 1 is 1.38 bits per heavy atom. The van der Waals surface area contributed by atoms with E-state index in [1.54, 1.807) is 0 Å². The van der Waals surface area contributed by atoms with Gasteiger partial charge < -0.3 is 20.1 Å². The Morgan fingerprint density at radius 2 is 2.09 bits per heavy atom. The number of ether oxygens (including phenoxy) is 2. The van der Waals surface area contributed by atoms with Crippen molar-refractivity contribution in [2.45, 2.75) is 37.6 Å². The Hall–Kier alpha value is -2.86. The maximum absolute atomic E-state index is 12.7. The number of carbonyl (C=O) groups excluding carboxylic acids is 2. The molecule has 3 N–H and O–H groups in total. The molecule has 12 heteroatoms. The first-order chi connectivity index (χ1) is 15.1. The van der Waals surface area contributed by atoms with Crippen molar-refractivity contribution in [2.75, 3.05) is 27.3 Å². The van der Waals surface area contributed by atoms with Crippen LogP contribution in [0.1, 0.15) is 25.8 Å². The number of sulfonamides is 1. The van der Waals surface area contributed by atoms with Gasteiger partial charge in [0.05, 0.1) is 19.7 Å². The molecule has 0 aromatic heterocycles. The van der Waals surface area contributed by atoms with E-state index in [2.05, 4.69) is 15.4 Å². The third kappa shape index (κ3) is 4.65. The van der Waals surface area contributed by atoms with Gasteiger partial charge in [-0.3, -0.25) is 14.4 Å².